The van der Waals surface area contributed by atoms with Crippen molar-refractivity contribution in [1.82, 2.24) is 4.90 Å². The molecule has 1 amide bonds. The van der Waals surface area contributed by atoms with E-state index in [1.54, 1.807) is 41.5 Å². The van der Waals surface area contributed by atoms with Crippen LogP contribution in [0.1, 0.15) is 48.0 Å². The number of esters is 1. The molecule has 0 aromatic carbocycles. The highest BCUT2D eigenvalue weighted by molar-refractivity contribution is 5.71. The number of amides is 1. The van der Waals surface area contributed by atoms with Crippen molar-refractivity contribution in [1.29, 1.82) is 0 Å². The molecule has 1 saturated heterocycles. The molecule has 1 rings (SSSR count). The first-order valence-electron chi connectivity index (χ1n) is 7.84. The Morgan fingerprint density at radius 2 is 1.65 bits per heavy atom. The maximum atomic E-state index is 12.1. The Morgan fingerprint density at radius 1 is 1.09 bits per heavy atom. The van der Waals surface area contributed by atoms with Gasteiger partial charge in [0.25, 0.3) is 0 Å². The van der Waals surface area contributed by atoms with Gasteiger partial charge in [-0.3, -0.25) is 0 Å². The Labute approximate surface area is 137 Å². The van der Waals surface area contributed by atoms with E-state index in [1.807, 2.05) is 0 Å². The number of rotatable bonds is 4. The summed E-state index contributed by atoms with van der Waals surface area (Å²) in [4.78, 5) is 25.2. The van der Waals surface area contributed by atoms with Gasteiger partial charge in [-0.15, -0.1) is 0 Å². The minimum Gasteiger partial charge on any atom is -0.458 e. The third-order valence-electron chi connectivity index (χ3n) is 2.97. The molecule has 0 aromatic rings. The van der Waals surface area contributed by atoms with Crippen LogP contribution in [0.25, 0.3) is 0 Å². The van der Waals surface area contributed by atoms with Gasteiger partial charge in [0.2, 0.25) is 0 Å². The first-order chi connectivity index (χ1) is 10.4. The SMILES string of the molecule is CC(C)(C)OC(=O)COC[C@@H]1C[C@@H](O)CN1C(=O)OC(C)(C)C. The van der Waals surface area contributed by atoms with Crippen molar-refractivity contribution in [2.75, 3.05) is 19.8 Å². The van der Waals surface area contributed by atoms with E-state index < -0.39 is 29.4 Å². The van der Waals surface area contributed by atoms with E-state index in [-0.39, 0.29) is 25.8 Å². The molecule has 1 heterocycles. The molecular weight excluding hydrogens is 302 g/mol. The summed E-state index contributed by atoms with van der Waals surface area (Å²) in [5, 5.41) is 9.78. The summed E-state index contributed by atoms with van der Waals surface area (Å²) < 4.78 is 15.8. The third kappa shape index (κ3) is 7.65. The second-order valence-electron chi connectivity index (χ2n) is 7.78. The van der Waals surface area contributed by atoms with Crippen molar-refractivity contribution in [3.8, 4) is 0 Å². The molecule has 1 fully saturated rings. The Kier molecular flexibility index (Phi) is 6.41. The van der Waals surface area contributed by atoms with E-state index >= 15 is 0 Å². The van der Waals surface area contributed by atoms with Crippen LogP contribution in [0, 0.1) is 0 Å². The highest BCUT2D eigenvalue weighted by atomic mass is 16.6. The van der Waals surface area contributed by atoms with Crippen LogP contribution in [-0.2, 0) is 19.0 Å². The maximum Gasteiger partial charge on any atom is 0.410 e. The summed E-state index contributed by atoms with van der Waals surface area (Å²) >= 11 is 0. The van der Waals surface area contributed by atoms with Crippen molar-refractivity contribution in [2.24, 2.45) is 0 Å². The summed E-state index contributed by atoms with van der Waals surface area (Å²) in [5.74, 6) is -0.458. The second-order valence-corrected chi connectivity index (χ2v) is 7.78. The molecule has 23 heavy (non-hydrogen) atoms. The third-order valence-corrected chi connectivity index (χ3v) is 2.97. The Hall–Kier alpha value is -1.34. The lowest BCUT2D eigenvalue weighted by Gasteiger charge is -2.28. The Bertz CT molecular complexity index is 423. The van der Waals surface area contributed by atoms with Gasteiger partial charge in [-0.05, 0) is 48.0 Å². The van der Waals surface area contributed by atoms with E-state index in [9.17, 15) is 14.7 Å². The average molecular weight is 331 g/mol. The predicted octanol–water partition coefficient (Wildman–Crippen LogP) is 1.71. The summed E-state index contributed by atoms with van der Waals surface area (Å²) in [6.45, 7) is 10.9. The molecule has 0 spiro atoms. The van der Waals surface area contributed by atoms with Crippen LogP contribution in [0.15, 0.2) is 0 Å². The monoisotopic (exact) mass is 331 g/mol. The van der Waals surface area contributed by atoms with Gasteiger partial charge in [-0.1, -0.05) is 0 Å². The van der Waals surface area contributed by atoms with Crippen molar-refractivity contribution < 1.29 is 28.9 Å². The number of likely N-dealkylation sites (tertiary alicyclic amines) is 1. The zero-order valence-corrected chi connectivity index (χ0v) is 14.9. The van der Waals surface area contributed by atoms with Crippen LogP contribution in [0.5, 0.6) is 0 Å². The first kappa shape index (κ1) is 19.7. The first-order valence-corrected chi connectivity index (χ1v) is 7.84. The number of carbonyl (C=O) groups excluding carboxylic acids is 2. The second kappa shape index (κ2) is 7.49. The number of aliphatic hydroxyl groups excluding tert-OH is 1. The molecule has 0 bridgehead atoms. The lowest BCUT2D eigenvalue weighted by molar-refractivity contribution is -0.160. The van der Waals surface area contributed by atoms with Gasteiger partial charge >= 0.3 is 12.1 Å². The summed E-state index contributed by atoms with van der Waals surface area (Å²) in [7, 11) is 0. The average Bonchev–Trinajstić information content (AvgIpc) is 2.66. The molecule has 7 heteroatoms. The van der Waals surface area contributed by atoms with E-state index in [1.165, 1.54) is 4.90 Å². The number of hydrogen-bond donors (Lipinski definition) is 1. The molecule has 0 unspecified atom stereocenters. The molecule has 1 aliphatic rings. The van der Waals surface area contributed by atoms with Crippen LogP contribution >= 0.6 is 0 Å². The standard InChI is InChI=1S/C16H29NO6/c1-15(2,3)22-13(19)10-21-9-11-7-12(18)8-17(11)14(20)23-16(4,5)6/h11-12,18H,7-10H2,1-6H3/t11-,12+/m0/s1. The topological polar surface area (TPSA) is 85.3 Å². The number of nitrogens with zero attached hydrogens (tertiary/aromatic N) is 1. The Balaban J connectivity index is 2.47. The fraction of sp³-hybridized carbons (Fsp3) is 0.875. The molecule has 0 saturated carbocycles. The normalized spacial score (nSPS) is 22.1. The Morgan fingerprint density at radius 3 is 2.17 bits per heavy atom. The van der Waals surface area contributed by atoms with Crippen LogP contribution in [-0.4, -0.2) is 65.2 Å². The largest absolute Gasteiger partial charge is 0.458 e. The highest BCUT2D eigenvalue weighted by Gasteiger charge is 2.37. The van der Waals surface area contributed by atoms with E-state index in [0.29, 0.717) is 6.42 Å². The molecule has 1 N–H and O–H groups in total. The van der Waals surface area contributed by atoms with Crippen molar-refractivity contribution in [3.63, 3.8) is 0 Å². The molecular formula is C16H29NO6. The predicted molar refractivity (Wildman–Crippen MR) is 84.0 cm³/mol. The minimum absolute atomic E-state index is 0.148. The van der Waals surface area contributed by atoms with Gasteiger partial charge < -0.3 is 24.2 Å². The van der Waals surface area contributed by atoms with Gasteiger partial charge in [0, 0.05) is 0 Å². The van der Waals surface area contributed by atoms with Crippen LogP contribution in [0.4, 0.5) is 4.79 Å². The van der Waals surface area contributed by atoms with E-state index in [2.05, 4.69) is 0 Å². The van der Waals surface area contributed by atoms with Crippen LogP contribution in [0.2, 0.25) is 0 Å². The number of hydrogen-bond acceptors (Lipinski definition) is 6. The highest BCUT2D eigenvalue weighted by Crippen LogP contribution is 2.21. The number of aliphatic hydroxyl groups is 1. The van der Waals surface area contributed by atoms with Gasteiger partial charge in [-0.2, -0.15) is 0 Å². The zero-order valence-electron chi connectivity index (χ0n) is 14.9. The van der Waals surface area contributed by atoms with Crippen molar-refractivity contribution in [3.05, 3.63) is 0 Å². The van der Waals surface area contributed by atoms with Gasteiger partial charge in [-0.25, -0.2) is 9.59 Å². The number of carbonyl (C=O) groups is 2. The fourth-order valence-electron chi connectivity index (χ4n) is 2.24. The lowest BCUT2D eigenvalue weighted by atomic mass is 10.2. The van der Waals surface area contributed by atoms with Gasteiger partial charge in [0.15, 0.2) is 0 Å². The fourth-order valence-corrected chi connectivity index (χ4v) is 2.24. The quantitative estimate of drug-likeness (QED) is 0.790. The smallest absolute Gasteiger partial charge is 0.410 e. The van der Waals surface area contributed by atoms with Crippen molar-refractivity contribution in [2.45, 2.75) is 71.3 Å². The number of ether oxygens (including phenoxy) is 3. The minimum atomic E-state index is -0.613. The lowest BCUT2D eigenvalue weighted by Crippen LogP contribution is -2.42. The van der Waals surface area contributed by atoms with Crippen molar-refractivity contribution >= 4 is 12.1 Å². The van der Waals surface area contributed by atoms with Crippen LogP contribution < -0.4 is 0 Å². The summed E-state index contributed by atoms with van der Waals surface area (Å²) in [6, 6.07) is -0.317. The molecule has 134 valence electrons. The van der Waals surface area contributed by atoms with E-state index in [4.69, 9.17) is 14.2 Å². The molecule has 7 nitrogen and oxygen atoms in total. The van der Waals surface area contributed by atoms with Gasteiger partial charge in [0.05, 0.1) is 25.3 Å². The zero-order chi connectivity index (χ0) is 17.8. The number of β-amino-alcohol motifs (C(OH)–C–C–N with tert-alkyl or cyclic N) is 1. The molecule has 0 radical (unpaired) electrons. The molecule has 1 aliphatic heterocycles. The maximum absolute atomic E-state index is 12.1. The van der Waals surface area contributed by atoms with E-state index in [0.717, 1.165) is 0 Å². The van der Waals surface area contributed by atoms with Crippen LogP contribution in [0.3, 0.4) is 0 Å². The molecule has 0 aromatic heterocycles. The van der Waals surface area contributed by atoms with Gasteiger partial charge in [0.1, 0.15) is 17.8 Å². The molecule has 0 aliphatic carbocycles. The summed E-state index contributed by atoms with van der Waals surface area (Å²) in [6.07, 6.45) is -0.703. The molecule has 2 atom stereocenters. The summed E-state index contributed by atoms with van der Waals surface area (Å²) in [5.41, 5.74) is -1.17.